The largest absolute Gasteiger partial charge is 0.467 e. The minimum absolute atomic E-state index is 0.00834. The molecule has 1 aromatic heterocycles. The molecule has 0 radical (unpaired) electrons. The molecule has 37 heavy (non-hydrogen) atoms. The smallest absolute Gasteiger partial charge is 0.328 e. The maximum atomic E-state index is 13.1. The number of hydrogen-bond donors (Lipinski definition) is 1. The van der Waals surface area contributed by atoms with Gasteiger partial charge < -0.3 is 10.1 Å². The first-order chi connectivity index (χ1) is 17.6. The standard InChI is InChI=1S/C25H29Cl2N5O4S/c1-16(2)23(25(33)36-3)30-24-18-6-4-5-7-20(18)28-22(29-24)15-31-10-12-32(13-11-31)37(34,35)21-14-17(26)8-9-19(21)27/h4-9,14,16,23H,10-13,15H2,1-3H3,(H,28,29,30)/t23-/m0/s1. The van der Waals surface area contributed by atoms with Crippen molar-refractivity contribution in [1.82, 2.24) is 19.2 Å². The average molecular weight is 567 g/mol. The Bertz CT molecular complexity index is 1400. The predicted octanol–water partition coefficient (Wildman–Crippen LogP) is 4.05. The van der Waals surface area contributed by atoms with E-state index in [1.54, 1.807) is 6.07 Å². The number of sulfonamides is 1. The molecule has 2 aromatic carbocycles. The highest BCUT2D eigenvalue weighted by Gasteiger charge is 2.31. The Morgan fingerprint density at radius 3 is 2.46 bits per heavy atom. The highest BCUT2D eigenvalue weighted by Crippen LogP contribution is 2.29. The zero-order valence-corrected chi connectivity index (χ0v) is 23.1. The van der Waals surface area contributed by atoms with Crippen LogP contribution < -0.4 is 5.32 Å². The summed E-state index contributed by atoms with van der Waals surface area (Å²) in [4.78, 5) is 23.9. The fourth-order valence-corrected chi connectivity index (χ4v) is 6.38. The van der Waals surface area contributed by atoms with Gasteiger partial charge in [-0.05, 0) is 36.2 Å². The quantitative estimate of drug-likeness (QED) is 0.408. The van der Waals surface area contributed by atoms with Gasteiger partial charge in [0.25, 0.3) is 0 Å². The van der Waals surface area contributed by atoms with Crippen molar-refractivity contribution in [3.05, 3.63) is 58.3 Å². The molecule has 0 bridgehead atoms. The summed E-state index contributed by atoms with van der Waals surface area (Å²) < 4.78 is 32.7. The third-order valence-electron chi connectivity index (χ3n) is 6.27. The Kier molecular flexibility index (Phi) is 8.55. The molecule has 1 N–H and O–H groups in total. The summed E-state index contributed by atoms with van der Waals surface area (Å²) in [6.45, 7) is 5.87. The minimum atomic E-state index is -3.77. The van der Waals surface area contributed by atoms with Crippen LogP contribution in [0.2, 0.25) is 10.0 Å². The number of hydrogen-bond acceptors (Lipinski definition) is 8. The second-order valence-corrected chi connectivity index (χ2v) is 11.9. The van der Waals surface area contributed by atoms with Crippen LogP contribution in [0.1, 0.15) is 19.7 Å². The number of rotatable bonds is 8. The van der Waals surface area contributed by atoms with E-state index in [4.69, 9.17) is 37.9 Å². The normalized spacial score (nSPS) is 16.2. The van der Waals surface area contributed by atoms with Gasteiger partial charge in [-0.15, -0.1) is 0 Å². The third-order valence-corrected chi connectivity index (χ3v) is 8.89. The summed E-state index contributed by atoms with van der Waals surface area (Å²) in [5.41, 5.74) is 0.749. The van der Waals surface area contributed by atoms with Crippen molar-refractivity contribution in [2.45, 2.75) is 31.3 Å². The molecule has 198 valence electrons. The number of fused-ring (bicyclic) bond motifs is 1. The Labute approximate surface area is 226 Å². The zero-order valence-electron chi connectivity index (χ0n) is 20.8. The van der Waals surface area contributed by atoms with Crippen LogP contribution in [-0.4, -0.2) is 72.9 Å². The van der Waals surface area contributed by atoms with Gasteiger partial charge in [0.05, 0.1) is 24.2 Å². The first-order valence-electron chi connectivity index (χ1n) is 11.9. The monoisotopic (exact) mass is 565 g/mol. The number of para-hydroxylation sites is 1. The minimum Gasteiger partial charge on any atom is -0.467 e. The molecular formula is C25H29Cl2N5O4S. The lowest BCUT2D eigenvalue weighted by atomic mass is 10.0. The SMILES string of the molecule is COC(=O)[C@@H](Nc1nc(CN2CCN(S(=O)(=O)c3cc(Cl)ccc3Cl)CC2)nc2ccccc12)C(C)C. The van der Waals surface area contributed by atoms with Crippen LogP contribution in [-0.2, 0) is 26.1 Å². The van der Waals surface area contributed by atoms with Crippen molar-refractivity contribution >= 4 is 55.9 Å². The van der Waals surface area contributed by atoms with Gasteiger partial charge >= 0.3 is 5.97 Å². The predicted molar refractivity (Wildman–Crippen MR) is 144 cm³/mol. The molecule has 3 aromatic rings. The number of anilines is 1. The maximum absolute atomic E-state index is 13.1. The van der Waals surface area contributed by atoms with Crippen molar-refractivity contribution in [3.63, 3.8) is 0 Å². The van der Waals surface area contributed by atoms with Gasteiger partial charge in [-0.2, -0.15) is 4.31 Å². The molecule has 9 nitrogen and oxygen atoms in total. The zero-order chi connectivity index (χ0) is 26.7. The molecule has 1 saturated heterocycles. The van der Waals surface area contributed by atoms with Crippen LogP contribution in [0.3, 0.4) is 0 Å². The number of aromatic nitrogens is 2. The second kappa shape index (κ2) is 11.5. The Balaban J connectivity index is 1.51. The molecule has 0 spiro atoms. The molecule has 12 heteroatoms. The summed E-state index contributed by atoms with van der Waals surface area (Å²) in [6, 6.07) is 11.4. The van der Waals surface area contributed by atoms with E-state index >= 15 is 0 Å². The maximum Gasteiger partial charge on any atom is 0.328 e. The lowest BCUT2D eigenvalue weighted by molar-refractivity contribution is -0.142. The van der Waals surface area contributed by atoms with Gasteiger partial charge in [0, 0.05) is 36.6 Å². The topological polar surface area (TPSA) is 105 Å². The average Bonchev–Trinajstić information content (AvgIpc) is 2.88. The first kappa shape index (κ1) is 27.5. The highest BCUT2D eigenvalue weighted by molar-refractivity contribution is 7.89. The van der Waals surface area contributed by atoms with Crippen LogP contribution in [0.5, 0.6) is 0 Å². The van der Waals surface area contributed by atoms with Gasteiger partial charge in [-0.1, -0.05) is 49.2 Å². The molecule has 1 fully saturated rings. The lowest BCUT2D eigenvalue weighted by Crippen LogP contribution is -2.48. The van der Waals surface area contributed by atoms with E-state index in [0.29, 0.717) is 49.4 Å². The van der Waals surface area contributed by atoms with Crippen molar-refractivity contribution in [1.29, 1.82) is 0 Å². The number of piperazine rings is 1. The number of benzene rings is 2. The number of nitrogens with one attached hydrogen (secondary N) is 1. The lowest BCUT2D eigenvalue weighted by Gasteiger charge is -2.33. The van der Waals surface area contributed by atoms with Crippen LogP contribution >= 0.6 is 23.2 Å². The number of carbonyl (C=O) groups excluding carboxylic acids is 1. The van der Waals surface area contributed by atoms with Crippen molar-refractivity contribution in [2.24, 2.45) is 5.92 Å². The van der Waals surface area contributed by atoms with E-state index in [0.717, 1.165) is 10.9 Å². The van der Waals surface area contributed by atoms with E-state index in [2.05, 4.69) is 10.2 Å². The van der Waals surface area contributed by atoms with Gasteiger partial charge in [0.15, 0.2) is 0 Å². The van der Waals surface area contributed by atoms with E-state index in [-0.39, 0.29) is 21.8 Å². The van der Waals surface area contributed by atoms with E-state index in [9.17, 15) is 13.2 Å². The number of carbonyl (C=O) groups is 1. The van der Waals surface area contributed by atoms with Crippen LogP contribution in [0.25, 0.3) is 10.9 Å². The molecule has 0 amide bonds. The number of esters is 1. The summed E-state index contributed by atoms with van der Waals surface area (Å²) in [6.07, 6.45) is 0. The van der Waals surface area contributed by atoms with E-state index in [1.165, 1.54) is 23.5 Å². The number of methoxy groups -OCH3 is 1. The fraction of sp³-hybridized carbons (Fsp3) is 0.400. The van der Waals surface area contributed by atoms with Crippen molar-refractivity contribution in [2.75, 3.05) is 38.6 Å². The Morgan fingerprint density at radius 2 is 1.78 bits per heavy atom. The van der Waals surface area contributed by atoms with Gasteiger partial charge in [-0.3, -0.25) is 4.90 Å². The van der Waals surface area contributed by atoms with Crippen molar-refractivity contribution < 1.29 is 17.9 Å². The number of halogens is 2. The highest BCUT2D eigenvalue weighted by atomic mass is 35.5. The van der Waals surface area contributed by atoms with Crippen LogP contribution in [0.15, 0.2) is 47.4 Å². The molecule has 2 heterocycles. The molecule has 1 atom stereocenters. The van der Waals surface area contributed by atoms with Gasteiger partial charge in [0.1, 0.15) is 22.6 Å². The fourth-order valence-electron chi connectivity index (χ4n) is 4.22. The Hall–Kier alpha value is -2.50. The summed E-state index contributed by atoms with van der Waals surface area (Å²) in [7, 11) is -2.41. The number of nitrogens with zero attached hydrogens (tertiary/aromatic N) is 4. The molecule has 1 aliphatic rings. The molecule has 4 rings (SSSR count). The molecule has 0 unspecified atom stereocenters. The van der Waals surface area contributed by atoms with E-state index < -0.39 is 16.1 Å². The molecule has 0 saturated carbocycles. The molecule has 0 aliphatic carbocycles. The summed E-state index contributed by atoms with van der Waals surface area (Å²) >= 11 is 12.2. The van der Waals surface area contributed by atoms with Gasteiger partial charge in [0.2, 0.25) is 10.0 Å². The molecule has 1 aliphatic heterocycles. The van der Waals surface area contributed by atoms with Crippen molar-refractivity contribution in [3.8, 4) is 0 Å². The second-order valence-electron chi connectivity index (χ2n) is 9.15. The van der Waals surface area contributed by atoms with Crippen LogP contribution in [0, 0.1) is 5.92 Å². The summed E-state index contributed by atoms with van der Waals surface area (Å²) in [5, 5.41) is 4.50. The number of ether oxygens (including phenoxy) is 1. The van der Waals surface area contributed by atoms with E-state index in [1.807, 2.05) is 38.1 Å². The first-order valence-corrected chi connectivity index (χ1v) is 14.1. The van der Waals surface area contributed by atoms with Gasteiger partial charge in [-0.25, -0.2) is 23.2 Å². The van der Waals surface area contributed by atoms with Crippen LogP contribution in [0.4, 0.5) is 5.82 Å². The molecular weight excluding hydrogens is 537 g/mol. The summed E-state index contributed by atoms with van der Waals surface area (Å²) in [5.74, 6) is 0.744. The Morgan fingerprint density at radius 1 is 1.08 bits per heavy atom. The third kappa shape index (κ3) is 6.15.